The van der Waals surface area contributed by atoms with Crippen molar-refractivity contribution in [3.8, 4) is 56.4 Å². The van der Waals surface area contributed by atoms with Crippen molar-refractivity contribution >= 4 is 43.5 Å². The van der Waals surface area contributed by atoms with E-state index in [1.807, 2.05) is 48.5 Å². The van der Waals surface area contributed by atoms with Gasteiger partial charge in [0, 0.05) is 27.5 Å². The third-order valence-electron chi connectivity index (χ3n) is 9.68. The molecule has 0 saturated heterocycles. The van der Waals surface area contributed by atoms with Gasteiger partial charge in [0.25, 0.3) is 0 Å². The molecule has 0 amide bonds. The Balaban J connectivity index is 1.13. The van der Waals surface area contributed by atoms with Crippen LogP contribution in [-0.2, 0) is 0 Å². The van der Waals surface area contributed by atoms with Crippen LogP contribution in [0.4, 0.5) is 0 Å². The zero-order valence-electron chi connectivity index (χ0n) is 27.5. The van der Waals surface area contributed by atoms with E-state index in [-0.39, 0.29) is 0 Å². The lowest BCUT2D eigenvalue weighted by molar-refractivity contribution is 0.669. The molecular formula is C47H29N3O. The van der Waals surface area contributed by atoms with Gasteiger partial charge in [-0.1, -0.05) is 133 Å². The third-order valence-corrected chi connectivity index (χ3v) is 9.68. The van der Waals surface area contributed by atoms with Crippen LogP contribution in [0.15, 0.2) is 180 Å². The first-order valence-corrected chi connectivity index (χ1v) is 17.1. The van der Waals surface area contributed by atoms with Gasteiger partial charge in [-0.2, -0.15) is 0 Å². The topological polar surface area (TPSA) is 51.8 Å². The Hall–Kier alpha value is -6.91. The number of furan rings is 1. The Morgan fingerprint density at radius 1 is 0.294 bits per heavy atom. The molecule has 0 aliphatic rings. The highest BCUT2D eigenvalue weighted by Crippen LogP contribution is 2.38. The molecule has 0 saturated carbocycles. The molecule has 10 aromatic rings. The van der Waals surface area contributed by atoms with Crippen LogP contribution in [0.3, 0.4) is 0 Å². The van der Waals surface area contributed by atoms with E-state index in [4.69, 9.17) is 19.4 Å². The van der Waals surface area contributed by atoms with Crippen LogP contribution in [0, 0.1) is 0 Å². The van der Waals surface area contributed by atoms with Gasteiger partial charge < -0.3 is 4.42 Å². The standard InChI is InChI=1S/C47H29N3O/c1-3-11-30(12-4-1)32-19-20-34-26-37(22-21-33(34)25-32)46-48-45(31-13-5-2-6-14-31)49-47(50-46)38-27-35-15-7-8-16-39(35)42(28-38)36-23-24-41-40-17-9-10-18-43(40)51-44(41)29-36/h1-29H. The second-order valence-corrected chi connectivity index (χ2v) is 12.9. The summed E-state index contributed by atoms with van der Waals surface area (Å²) >= 11 is 0. The second kappa shape index (κ2) is 11.9. The average molecular weight is 652 g/mol. The predicted molar refractivity (Wildman–Crippen MR) is 209 cm³/mol. The largest absolute Gasteiger partial charge is 0.456 e. The van der Waals surface area contributed by atoms with Crippen LogP contribution in [0.25, 0.3) is 99.9 Å². The maximum absolute atomic E-state index is 6.30. The molecule has 4 nitrogen and oxygen atoms in total. The fraction of sp³-hybridized carbons (Fsp3) is 0. The summed E-state index contributed by atoms with van der Waals surface area (Å²) in [6.07, 6.45) is 0. The fourth-order valence-electron chi connectivity index (χ4n) is 7.12. The second-order valence-electron chi connectivity index (χ2n) is 12.9. The number of nitrogens with zero attached hydrogens (tertiary/aromatic N) is 3. The summed E-state index contributed by atoms with van der Waals surface area (Å²) in [5.74, 6) is 1.88. The monoisotopic (exact) mass is 651 g/mol. The van der Waals surface area contributed by atoms with Crippen molar-refractivity contribution in [2.45, 2.75) is 0 Å². The molecule has 0 unspecified atom stereocenters. The first-order chi connectivity index (χ1) is 25.2. The molecule has 0 aliphatic carbocycles. The van der Waals surface area contributed by atoms with E-state index < -0.39 is 0 Å². The molecule has 238 valence electrons. The molecule has 51 heavy (non-hydrogen) atoms. The van der Waals surface area contributed by atoms with Gasteiger partial charge in [-0.25, -0.2) is 15.0 Å². The minimum atomic E-state index is 0.621. The van der Waals surface area contributed by atoms with Crippen molar-refractivity contribution in [1.29, 1.82) is 0 Å². The number of rotatable bonds is 5. The van der Waals surface area contributed by atoms with Gasteiger partial charge in [-0.15, -0.1) is 0 Å². The smallest absolute Gasteiger partial charge is 0.164 e. The Bertz CT molecular complexity index is 2910. The molecule has 2 aromatic heterocycles. The van der Waals surface area contributed by atoms with Crippen molar-refractivity contribution in [1.82, 2.24) is 15.0 Å². The summed E-state index contributed by atoms with van der Waals surface area (Å²) in [7, 11) is 0. The molecule has 4 heteroatoms. The van der Waals surface area contributed by atoms with Gasteiger partial charge in [-0.05, 0) is 86.3 Å². The molecule has 0 N–H and O–H groups in total. The van der Waals surface area contributed by atoms with E-state index in [0.717, 1.165) is 65.9 Å². The first kappa shape index (κ1) is 29.0. The summed E-state index contributed by atoms with van der Waals surface area (Å²) in [5, 5.41) is 6.78. The number of fused-ring (bicyclic) bond motifs is 5. The summed E-state index contributed by atoms with van der Waals surface area (Å²) in [5.41, 5.74) is 9.10. The van der Waals surface area contributed by atoms with Crippen molar-refractivity contribution in [3.63, 3.8) is 0 Å². The molecule has 0 bridgehead atoms. The minimum absolute atomic E-state index is 0.621. The fourth-order valence-corrected chi connectivity index (χ4v) is 7.12. The lowest BCUT2D eigenvalue weighted by Gasteiger charge is -2.13. The van der Waals surface area contributed by atoms with Gasteiger partial charge in [0.05, 0.1) is 0 Å². The van der Waals surface area contributed by atoms with Gasteiger partial charge in [0.1, 0.15) is 11.2 Å². The van der Waals surface area contributed by atoms with E-state index in [0.29, 0.717) is 17.5 Å². The van der Waals surface area contributed by atoms with Gasteiger partial charge in [0.2, 0.25) is 0 Å². The number of para-hydroxylation sites is 1. The van der Waals surface area contributed by atoms with E-state index in [1.165, 1.54) is 16.5 Å². The molecule has 0 atom stereocenters. The lowest BCUT2D eigenvalue weighted by atomic mass is 9.94. The zero-order chi connectivity index (χ0) is 33.7. The Labute approximate surface area is 294 Å². The normalized spacial score (nSPS) is 11.5. The van der Waals surface area contributed by atoms with Crippen LogP contribution in [0.1, 0.15) is 0 Å². The zero-order valence-corrected chi connectivity index (χ0v) is 27.5. The lowest BCUT2D eigenvalue weighted by Crippen LogP contribution is -2.00. The van der Waals surface area contributed by atoms with Crippen LogP contribution in [0.5, 0.6) is 0 Å². The van der Waals surface area contributed by atoms with Crippen LogP contribution in [0.2, 0.25) is 0 Å². The third kappa shape index (κ3) is 5.22. The summed E-state index contributed by atoms with van der Waals surface area (Å²) in [6, 6.07) is 61.2. The van der Waals surface area contributed by atoms with Gasteiger partial charge >= 0.3 is 0 Å². The van der Waals surface area contributed by atoms with E-state index in [1.54, 1.807) is 0 Å². The summed E-state index contributed by atoms with van der Waals surface area (Å²) in [4.78, 5) is 15.3. The molecule has 2 heterocycles. The minimum Gasteiger partial charge on any atom is -0.456 e. The molecule has 0 radical (unpaired) electrons. The van der Waals surface area contributed by atoms with E-state index in [9.17, 15) is 0 Å². The molecular weight excluding hydrogens is 623 g/mol. The maximum atomic E-state index is 6.30. The van der Waals surface area contributed by atoms with Crippen molar-refractivity contribution < 1.29 is 4.42 Å². The van der Waals surface area contributed by atoms with Crippen molar-refractivity contribution in [2.75, 3.05) is 0 Å². The number of aromatic nitrogens is 3. The molecule has 0 aliphatic heterocycles. The summed E-state index contributed by atoms with van der Waals surface area (Å²) < 4.78 is 6.30. The maximum Gasteiger partial charge on any atom is 0.164 e. The van der Waals surface area contributed by atoms with Crippen molar-refractivity contribution in [2.24, 2.45) is 0 Å². The molecule has 10 rings (SSSR count). The van der Waals surface area contributed by atoms with E-state index >= 15 is 0 Å². The average Bonchev–Trinajstić information content (AvgIpc) is 3.58. The van der Waals surface area contributed by atoms with E-state index in [2.05, 4.69) is 127 Å². The molecule has 0 spiro atoms. The van der Waals surface area contributed by atoms with Crippen LogP contribution >= 0.6 is 0 Å². The highest BCUT2D eigenvalue weighted by Gasteiger charge is 2.16. The van der Waals surface area contributed by atoms with Crippen LogP contribution in [-0.4, -0.2) is 15.0 Å². The van der Waals surface area contributed by atoms with Crippen LogP contribution < -0.4 is 0 Å². The Kier molecular flexibility index (Phi) is 6.78. The quantitative estimate of drug-likeness (QED) is 0.186. The molecule has 8 aromatic carbocycles. The first-order valence-electron chi connectivity index (χ1n) is 17.1. The number of benzene rings is 8. The molecule has 0 fully saturated rings. The SMILES string of the molecule is c1ccc(-c2ccc3cc(-c4nc(-c5ccccc5)nc(-c5cc(-c6ccc7c(c6)oc6ccccc67)c6ccccc6c5)n4)ccc3c2)cc1. The van der Waals surface area contributed by atoms with Crippen molar-refractivity contribution in [3.05, 3.63) is 176 Å². The highest BCUT2D eigenvalue weighted by molar-refractivity contribution is 6.07. The Morgan fingerprint density at radius 2 is 0.843 bits per heavy atom. The van der Waals surface area contributed by atoms with Gasteiger partial charge in [-0.3, -0.25) is 0 Å². The number of hydrogen-bond donors (Lipinski definition) is 0. The van der Waals surface area contributed by atoms with Gasteiger partial charge in [0.15, 0.2) is 17.5 Å². The summed E-state index contributed by atoms with van der Waals surface area (Å²) in [6.45, 7) is 0. The number of hydrogen-bond acceptors (Lipinski definition) is 4. The highest BCUT2D eigenvalue weighted by atomic mass is 16.3. The predicted octanol–water partition coefficient (Wildman–Crippen LogP) is 12.4. The Morgan fingerprint density at radius 3 is 1.63 bits per heavy atom.